The Morgan fingerprint density at radius 1 is 1.33 bits per heavy atom. The Morgan fingerprint density at radius 3 is 2.79 bits per heavy atom. The van der Waals surface area contributed by atoms with Crippen LogP contribution in [0.1, 0.15) is 25.3 Å². The Balaban J connectivity index is 1.69. The van der Waals surface area contributed by atoms with Gasteiger partial charge in [-0.25, -0.2) is 4.79 Å². The number of hydrogen-bond donors (Lipinski definition) is 2. The number of aryl methyl sites for hydroxylation is 1. The number of nitrogens with zero attached hydrogens (tertiary/aromatic N) is 1. The first-order chi connectivity index (χ1) is 11.5. The fourth-order valence-electron chi connectivity index (χ4n) is 2.98. The molecule has 2 amide bonds. The molecule has 0 saturated carbocycles. The molecule has 2 unspecified atom stereocenters. The van der Waals surface area contributed by atoms with Crippen molar-refractivity contribution in [1.29, 1.82) is 0 Å². The Kier molecular flexibility index (Phi) is 6.46. The van der Waals surface area contributed by atoms with Crippen molar-refractivity contribution in [3.63, 3.8) is 0 Å². The van der Waals surface area contributed by atoms with Crippen molar-refractivity contribution in [2.75, 3.05) is 26.2 Å². The van der Waals surface area contributed by atoms with Gasteiger partial charge in [-0.3, -0.25) is 4.79 Å². The van der Waals surface area contributed by atoms with Crippen LogP contribution in [0, 0.1) is 18.8 Å². The number of hydrogen-bond acceptors (Lipinski definition) is 3. The Bertz CT molecular complexity index is 576. The number of amides is 2. The molecular weight excluding hydrogens is 308 g/mol. The summed E-state index contributed by atoms with van der Waals surface area (Å²) in [6, 6.07) is 7.62. The van der Waals surface area contributed by atoms with Crippen LogP contribution in [0.5, 0.6) is 5.75 Å². The normalized spacial score (nSPS) is 20.5. The Hall–Kier alpha value is -2.24. The Labute approximate surface area is 142 Å². The van der Waals surface area contributed by atoms with Gasteiger partial charge in [0.15, 0.2) is 0 Å². The van der Waals surface area contributed by atoms with Crippen molar-refractivity contribution in [1.82, 2.24) is 10.2 Å². The van der Waals surface area contributed by atoms with Crippen LogP contribution in [0.2, 0.25) is 0 Å². The maximum Gasteiger partial charge on any atom is 0.317 e. The van der Waals surface area contributed by atoms with E-state index in [1.807, 2.05) is 38.1 Å². The molecular formula is C18H26N2O4. The molecule has 0 spiro atoms. The molecule has 24 heavy (non-hydrogen) atoms. The lowest BCUT2D eigenvalue weighted by atomic mass is 9.91. The van der Waals surface area contributed by atoms with Crippen LogP contribution in [-0.4, -0.2) is 48.2 Å². The molecule has 1 saturated heterocycles. The van der Waals surface area contributed by atoms with Crippen molar-refractivity contribution in [2.45, 2.75) is 26.7 Å². The number of para-hydroxylation sites is 1. The van der Waals surface area contributed by atoms with E-state index in [1.165, 1.54) is 0 Å². The van der Waals surface area contributed by atoms with Gasteiger partial charge < -0.3 is 20.1 Å². The van der Waals surface area contributed by atoms with E-state index in [0.29, 0.717) is 32.5 Å². The third kappa shape index (κ3) is 5.15. The van der Waals surface area contributed by atoms with E-state index in [2.05, 4.69) is 5.32 Å². The van der Waals surface area contributed by atoms with Crippen LogP contribution < -0.4 is 10.1 Å². The molecule has 2 N–H and O–H groups in total. The molecule has 0 radical (unpaired) electrons. The van der Waals surface area contributed by atoms with E-state index < -0.39 is 11.9 Å². The van der Waals surface area contributed by atoms with E-state index >= 15 is 0 Å². The molecule has 132 valence electrons. The standard InChI is InChI=1S/C18H26N2O4/c1-13-10-15(17(21)22)12-20(11-13)18(23)19-8-5-9-24-16-7-4-3-6-14(16)2/h3-4,6-7,13,15H,5,8-12H2,1-2H3,(H,19,23)(H,21,22). The van der Waals surface area contributed by atoms with E-state index in [1.54, 1.807) is 4.90 Å². The van der Waals surface area contributed by atoms with Gasteiger partial charge in [0.05, 0.1) is 12.5 Å². The average molecular weight is 334 g/mol. The molecule has 1 fully saturated rings. The number of benzene rings is 1. The fraction of sp³-hybridized carbons (Fsp3) is 0.556. The first-order valence-electron chi connectivity index (χ1n) is 8.41. The zero-order chi connectivity index (χ0) is 17.5. The minimum atomic E-state index is -0.828. The van der Waals surface area contributed by atoms with Crippen LogP contribution in [0.3, 0.4) is 0 Å². The highest BCUT2D eigenvalue weighted by Crippen LogP contribution is 2.21. The summed E-state index contributed by atoms with van der Waals surface area (Å²) in [5.41, 5.74) is 1.09. The smallest absolute Gasteiger partial charge is 0.317 e. The maximum atomic E-state index is 12.2. The summed E-state index contributed by atoms with van der Waals surface area (Å²) in [5, 5.41) is 12.0. The molecule has 0 aromatic heterocycles. The molecule has 0 bridgehead atoms. The molecule has 1 aromatic carbocycles. The van der Waals surface area contributed by atoms with Crippen LogP contribution in [0.15, 0.2) is 24.3 Å². The summed E-state index contributed by atoms with van der Waals surface area (Å²) in [7, 11) is 0. The van der Waals surface area contributed by atoms with Crippen LogP contribution in [0.4, 0.5) is 4.79 Å². The summed E-state index contributed by atoms with van der Waals surface area (Å²) in [4.78, 5) is 24.9. The first kappa shape index (κ1) is 18.1. The molecule has 0 aliphatic carbocycles. The van der Waals surface area contributed by atoms with Gasteiger partial charge in [0.2, 0.25) is 0 Å². The van der Waals surface area contributed by atoms with Gasteiger partial charge >= 0.3 is 12.0 Å². The van der Waals surface area contributed by atoms with Gasteiger partial charge in [-0.2, -0.15) is 0 Å². The third-order valence-corrected chi connectivity index (χ3v) is 4.24. The van der Waals surface area contributed by atoms with Crippen molar-refractivity contribution < 1.29 is 19.4 Å². The van der Waals surface area contributed by atoms with Crippen molar-refractivity contribution in [3.8, 4) is 5.75 Å². The second-order valence-electron chi connectivity index (χ2n) is 6.48. The lowest BCUT2D eigenvalue weighted by Gasteiger charge is -2.34. The van der Waals surface area contributed by atoms with Crippen LogP contribution in [0.25, 0.3) is 0 Å². The summed E-state index contributed by atoms with van der Waals surface area (Å²) in [6.07, 6.45) is 1.33. The molecule has 1 aliphatic heterocycles. The minimum absolute atomic E-state index is 0.191. The number of carboxylic acids is 1. The van der Waals surface area contributed by atoms with E-state index in [0.717, 1.165) is 11.3 Å². The quantitative estimate of drug-likeness (QED) is 0.784. The maximum absolute atomic E-state index is 12.2. The molecule has 6 heteroatoms. The molecule has 1 aliphatic rings. The topological polar surface area (TPSA) is 78.9 Å². The summed E-state index contributed by atoms with van der Waals surface area (Å²) < 4.78 is 5.69. The second-order valence-corrected chi connectivity index (χ2v) is 6.48. The van der Waals surface area contributed by atoms with E-state index in [4.69, 9.17) is 9.84 Å². The summed E-state index contributed by atoms with van der Waals surface area (Å²) >= 11 is 0. The minimum Gasteiger partial charge on any atom is -0.493 e. The van der Waals surface area contributed by atoms with Crippen molar-refractivity contribution in [3.05, 3.63) is 29.8 Å². The zero-order valence-electron chi connectivity index (χ0n) is 14.3. The largest absolute Gasteiger partial charge is 0.493 e. The molecule has 1 aromatic rings. The molecule has 1 heterocycles. The highest BCUT2D eigenvalue weighted by atomic mass is 16.5. The predicted molar refractivity (Wildman–Crippen MR) is 91.2 cm³/mol. The lowest BCUT2D eigenvalue weighted by Crippen LogP contribution is -2.49. The van der Waals surface area contributed by atoms with Crippen LogP contribution >= 0.6 is 0 Å². The lowest BCUT2D eigenvalue weighted by molar-refractivity contribution is -0.143. The average Bonchev–Trinajstić information content (AvgIpc) is 2.55. The third-order valence-electron chi connectivity index (χ3n) is 4.24. The van der Waals surface area contributed by atoms with E-state index in [9.17, 15) is 9.59 Å². The van der Waals surface area contributed by atoms with Crippen molar-refractivity contribution in [2.24, 2.45) is 11.8 Å². The zero-order valence-corrected chi connectivity index (χ0v) is 14.3. The summed E-state index contributed by atoms with van der Waals surface area (Å²) in [5.74, 6) is -0.233. The Morgan fingerprint density at radius 2 is 2.08 bits per heavy atom. The number of carbonyl (C=O) groups is 2. The number of carboxylic acid groups (broad SMARTS) is 1. The number of likely N-dealkylation sites (tertiary alicyclic amines) is 1. The van der Waals surface area contributed by atoms with Crippen molar-refractivity contribution >= 4 is 12.0 Å². The number of urea groups is 1. The van der Waals surface area contributed by atoms with Crippen LogP contribution in [-0.2, 0) is 4.79 Å². The number of nitrogens with one attached hydrogen (secondary N) is 1. The van der Waals surface area contributed by atoms with Gasteiger partial charge in [0.1, 0.15) is 5.75 Å². The summed E-state index contributed by atoms with van der Waals surface area (Å²) in [6.45, 7) is 5.89. The van der Waals surface area contributed by atoms with Gasteiger partial charge in [-0.15, -0.1) is 0 Å². The van der Waals surface area contributed by atoms with Gasteiger partial charge in [-0.1, -0.05) is 25.1 Å². The number of ether oxygens (including phenoxy) is 1. The molecule has 6 nitrogen and oxygen atoms in total. The van der Waals surface area contributed by atoms with E-state index in [-0.39, 0.29) is 18.5 Å². The number of rotatable bonds is 6. The van der Waals surface area contributed by atoms with Gasteiger partial charge in [-0.05, 0) is 37.3 Å². The second kappa shape index (κ2) is 8.57. The molecule has 2 rings (SSSR count). The number of piperidine rings is 1. The fourth-order valence-corrected chi connectivity index (χ4v) is 2.98. The monoisotopic (exact) mass is 334 g/mol. The number of carbonyl (C=O) groups excluding carboxylic acids is 1. The highest BCUT2D eigenvalue weighted by molar-refractivity contribution is 5.76. The van der Waals surface area contributed by atoms with Gasteiger partial charge in [0, 0.05) is 19.6 Å². The molecule has 2 atom stereocenters. The highest BCUT2D eigenvalue weighted by Gasteiger charge is 2.31. The number of aliphatic carboxylic acids is 1. The predicted octanol–water partition coefficient (Wildman–Crippen LogP) is 2.52. The first-order valence-corrected chi connectivity index (χ1v) is 8.41. The SMILES string of the molecule is Cc1ccccc1OCCCNC(=O)N1CC(C)CC(C(=O)O)C1. The van der Waals surface area contributed by atoms with Gasteiger partial charge in [0.25, 0.3) is 0 Å².